The largest absolute Gasteiger partial charge is 0.481 e. The number of amides is 1. The molecule has 0 aliphatic carbocycles. The van der Waals surface area contributed by atoms with Crippen LogP contribution in [0.5, 0.6) is 5.75 Å². The third-order valence-electron chi connectivity index (χ3n) is 3.85. The fraction of sp³-hybridized carbons (Fsp3) is 0.533. The number of likely N-dealkylation sites (tertiary alicyclic amines) is 1. The van der Waals surface area contributed by atoms with Crippen molar-refractivity contribution >= 4 is 11.9 Å². The number of carboxylic acids is 1. The second-order valence-electron chi connectivity index (χ2n) is 5.40. The Bertz CT molecular complexity index is 522. The van der Waals surface area contributed by atoms with Crippen molar-refractivity contribution in [3.8, 4) is 5.75 Å². The highest BCUT2D eigenvalue weighted by Gasteiger charge is 2.29. The number of carbonyl (C=O) groups excluding carboxylic acids is 1. The molecule has 21 heavy (non-hydrogen) atoms. The van der Waals surface area contributed by atoms with Gasteiger partial charge in [-0.3, -0.25) is 9.78 Å². The standard InChI is InChI=1S/C15H20N2O4/c1-10-4-3-5-11(2)17(10)14(18)9-21-13-8-16-7-6-12(13)15(19)20/h6-8,10-11H,3-5,9H2,1-2H3,(H,19,20). The minimum Gasteiger partial charge on any atom is -0.481 e. The fourth-order valence-electron chi connectivity index (χ4n) is 2.80. The van der Waals surface area contributed by atoms with E-state index in [-0.39, 0.29) is 35.9 Å². The molecule has 1 aliphatic heterocycles. The molecule has 0 aromatic carbocycles. The van der Waals surface area contributed by atoms with Crippen molar-refractivity contribution < 1.29 is 19.4 Å². The first-order valence-corrected chi connectivity index (χ1v) is 7.12. The quantitative estimate of drug-likeness (QED) is 0.917. The Morgan fingerprint density at radius 2 is 2.05 bits per heavy atom. The first-order valence-electron chi connectivity index (χ1n) is 7.12. The van der Waals surface area contributed by atoms with Crippen LogP contribution in [0.1, 0.15) is 43.5 Å². The highest BCUT2D eigenvalue weighted by atomic mass is 16.5. The summed E-state index contributed by atoms with van der Waals surface area (Å²) in [5.41, 5.74) is 0.0116. The summed E-state index contributed by atoms with van der Waals surface area (Å²) in [6.45, 7) is 3.89. The van der Waals surface area contributed by atoms with Crippen LogP contribution in [0.25, 0.3) is 0 Å². The molecule has 1 saturated heterocycles. The van der Waals surface area contributed by atoms with Crippen LogP contribution in [0.2, 0.25) is 0 Å². The number of carboxylic acid groups (broad SMARTS) is 1. The van der Waals surface area contributed by atoms with Gasteiger partial charge in [-0.1, -0.05) is 0 Å². The Labute approximate surface area is 123 Å². The number of piperidine rings is 1. The molecule has 2 heterocycles. The molecule has 1 fully saturated rings. The second-order valence-corrected chi connectivity index (χ2v) is 5.40. The van der Waals surface area contributed by atoms with Crippen LogP contribution >= 0.6 is 0 Å². The zero-order chi connectivity index (χ0) is 15.4. The summed E-state index contributed by atoms with van der Waals surface area (Å²) in [6.07, 6.45) is 5.80. The number of rotatable bonds is 4. The molecule has 0 radical (unpaired) electrons. The molecule has 1 N–H and O–H groups in total. The van der Waals surface area contributed by atoms with E-state index in [2.05, 4.69) is 4.98 Å². The van der Waals surface area contributed by atoms with E-state index in [0.717, 1.165) is 19.3 Å². The topological polar surface area (TPSA) is 79.7 Å². The van der Waals surface area contributed by atoms with E-state index in [1.807, 2.05) is 18.7 Å². The maximum atomic E-state index is 12.3. The first kappa shape index (κ1) is 15.3. The van der Waals surface area contributed by atoms with Gasteiger partial charge >= 0.3 is 5.97 Å². The number of hydrogen-bond acceptors (Lipinski definition) is 4. The van der Waals surface area contributed by atoms with Gasteiger partial charge in [-0.15, -0.1) is 0 Å². The average Bonchev–Trinajstić information content (AvgIpc) is 2.45. The number of aromatic carboxylic acids is 1. The van der Waals surface area contributed by atoms with E-state index in [1.165, 1.54) is 18.5 Å². The summed E-state index contributed by atoms with van der Waals surface area (Å²) in [5.74, 6) is -1.09. The van der Waals surface area contributed by atoms with E-state index < -0.39 is 5.97 Å². The van der Waals surface area contributed by atoms with Crippen molar-refractivity contribution in [1.82, 2.24) is 9.88 Å². The minimum absolute atomic E-state index is 0.0116. The number of aromatic nitrogens is 1. The summed E-state index contributed by atoms with van der Waals surface area (Å²) in [7, 11) is 0. The predicted molar refractivity (Wildman–Crippen MR) is 76.3 cm³/mol. The highest BCUT2D eigenvalue weighted by molar-refractivity contribution is 5.90. The van der Waals surface area contributed by atoms with E-state index in [0.29, 0.717) is 0 Å². The first-order chi connectivity index (χ1) is 10.0. The summed E-state index contributed by atoms with van der Waals surface area (Å²) in [4.78, 5) is 29.0. The van der Waals surface area contributed by atoms with Gasteiger partial charge < -0.3 is 14.7 Å². The van der Waals surface area contributed by atoms with E-state index in [9.17, 15) is 9.59 Å². The van der Waals surface area contributed by atoms with Crippen LogP contribution in [0.3, 0.4) is 0 Å². The number of carbonyl (C=O) groups is 2. The molecule has 2 atom stereocenters. The average molecular weight is 292 g/mol. The SMILES string of the molecule is CC1CCCC(C)N1C(=O)COc1cnccc1C(=O)O. The van der Waals surface area contributed by atoms with Crippen LogP contribution in [0.15, 0.2) is 18.5 Å². The fourth-order valence-corrected chi connectivity index (χ4v) is 2.80. The van der Waals surface area contributed by atoms with Gasteiger partial charge in [0.1, 0.15) is 5.56 Å². The van der Waals surface area contributed by atoms with Gasteiger partial charge in [-0.25, -0.2) is 4.79 Å². The monoisotopic (exact) mass is 292 g/mol. The molecular formula is C15H20N2O4. The van der Waals surface area contributed by atoms with Gasteiger partial charge in [0.05, 0.1) is 6.20 Å². The molecule has 1 aromatic rings. The second kappa shape index (κ2) is 6.56. The number of hydrogen-bond donors (Lipinski definition) is 1. The molecule has 1 aliphatic rings. The van der Waals surface area contributed by atoms with Gasteiger partial charge in [-0.2, -0.15) is 0 Å². The van der Waals surface area contributed by atoms with Crippen molar-refractivity contribution in [3.05, 3.63) is 24.0 Å². The molecule has 0 spiro atoms. The lowest BCUT2D eigenvalue weighted by Gasteiger charge is -2.38. The van der Waals surface area contributed by atoms with E-state index in [4.69, 9.17) is 9.84 Å². The molecule has 2 rings (SSSR count). The smallest absolute Gasteiger partial charge is 0.339 e. The molecule has 1 aromatic heterocycles. The van der Waals surface area contributed by atoms with Crippen LogP contribution in [0.4, 0.5) is 0 Å². The lowest BCUT2D eigenvalue weighted by Crippen LogP contribution is -2.49. The number of ether oxygens (including phenoxy) is 1. The number of pyridine rings is 1. The Balaban J connectivity index is 2.02. The van der Waals surface area contributed by atoms with Crippen molar-refractivity contribution in [2.24, 2.45) is 0 Å². The van der Waals surface area contributed by atoms with Gasteiger partial charge in [0.15, 0.2) is 12.4 Å². The van der Waals surface area contributed by atoms with Crippen molar-refractivity contribution in [3.63, 3.8) is 0 Å². The number of nitrogens with zero attached hydrogens (tertiary/aromatic N) is 2. The van der Waals surface area contributed by atoms with Crippen LogP contribution in [-0.4, -0.2) is 45.6 Å². The van der Waals surface area contributed by atoms with Crippen molar-refractivity contribution in [2.45, 2.75) is 45.2 Å². The lowest BCUT2D eigenvalue weighted by molar-refractivity contribution is -0.139. The molecule has 1 amide bonds. The van der Waals surface area contributed by atoms with Gasteiger partial charge in [0, 0.05) is 18.3 Å². The van der Waals surface area contributed by atoms with Crippen LogP contribution in [-0.2, 0) is 4.79 Å². The molecule has 0 bridgehead atoms. The molecule has 6 heteroatoms. The molecular weight excluding hydrogens is 272 g/mol. The zero-order valence-electron chi connectivity index (χ0n) is 12.3. The normalized spacial score (nSPS) is 21.9. The van der Waals surface area contributed by atoms with Crippen LogP contribution in [0, 0.1) is 0 Å². The summed E-state index contributed by atoms with van der Waals surface area (Å²) in [6, 6.07) is 1.74. The zero-order valence-corrected chi connectivity index (χ0v) is 12.3. The van der Waals surface area contributed by atoms with Gasteiger partial charge in [0.25, 0.3) is 5.91 Å². The Kier molecular flexibility index (Phi) is 4.77. The molecule has 6 nitrogen and oxygen atoms in total. The third-order valence-corrected chi connectivity index (χ3v) is 3.85. The minimum atomic E-state index is -1.10. The predicted octanol–water partition coefficient (Wildman–Crippen LogP) is 1.95. The lowest BCUT2D eigenvalue weighted by atomic mass is 9.97. The maximum absolute atomic E-state index is 12.3. The van der Waals surface area contributed by atoms with Gasteiger partial charge in [-0.05, 0) is 39.2 Å². The maximum Gasteiger partial charge on any atom is 0.339 e. The summed E-state index contributed by atoms with van der Waals surface area (Å²) >= 11 is 0. The summed E-state index contributed by atoms with van der Waals surface area (Å²) in [5, 5.41) is 9.06. The highest BCUT2D eigenvalue weighted by Crippen LogP contribution is 2.23. The van der Waals surface area contributed by atoms with E-state index >= 15 is 0 Å². The molecule has 114 valence electrons. The third kappa shape index (κ3) is 3.51. The van der Waals surface area contributed by atoms with E-state index in [1.54, 1.807) is 0 Å². The van der Waals surface area contributed by atoms with Gasteiger partial charge in [0.2, 0.25) is 0 Å². The molecule has 2 unspecified atom stereocenters. The Morgan fingerprint density at radius 1 is 1.38 bits per heavy atom. The van der Waals surface area contributed by atoms with Crippen molar-refractivity contribution in [1.29, 1.82) is 0 Å². The Hall–Kier alpha value is -2.11. The Morgan fingerprint density at radius 3 is 2.67 bits per heavy atom. The van der Waals surface area contributed by atoms with Crippen molar-refractivity contribution in [2.75, 3.05) is 6.61 Å². The summed E-state index contributed by atoms with van der Waals surface area (Å²) < 4.78 is 5.38. The van der Waals surface area contributed by atoms with Crippen LogP contribution < -0.4 is 4.74 Å². The molecule has 0 saturated carbocycles.